The average molecular weight is 929 g/mol. The number of hydrogen-bond donors (Lipinski definition) is 2. The summed E-state index contributed by atoms with van der Waals surface area (Å²) in [5, 5.41) is 17.8. The van der Waals surface area contributed by atoms with E-state index < -0.39 is 0 Å². The molecule has 2 aliphatic rings. The Balaban J connectivity index is 0.936. The number of aromatic nitrogens is 12. The fraction of sp³-hybridized carbons (Fsp3) is 0.280. The number of H-pyrrole nitrogens is 2. The van der Waals surface area contributed by atoms with Crippen molar-refractivity contribution in [3.8, 4) is 34.2 Å². The minimum absolute atomic E-state index is 0.365. The topological polar surface area (TPSA) is 169 Å². The predicted octanol–water partition coefficient (Wildman–Crippen LogP) is 8.52. The molecular weight excluding hydrogens is 883 g/mol. The van der Waals surface area contributed by atoms with Crippen molar-refractivity contribution in [3.63, 3.8) is 0 Å². The van der Waals surface area contributed by atoms with Crippen LogP contribution >= 0.6 is 11.6 Å². The Morgan fingerprint density at radius 3 is 1.97 bits per heavy atom. The van der Waals surface area contributed by atoms with Gasteiger partial charge in [-0.2, -0.15) is 10.2 Å². The van der Waals surface area contributed by atoms with Crippen LogP contribution in [0, 0.1) is 33.5 Å². The highest BCUT2D eigenvalue weighted by Gasteiger charge is 2.25. The van der Waals surface area contributed by atoms with E-state index in [4.69, 9.17) is 56.1 Å². The highest BCUT2D eigenvalue weighted by Crippen LogP contribution is 2.39. The van der Waals surface area contributed by atoms with Crippen molar-refractivity contribution in [1.82, 2.24) is 59.4 Å². The molecular formula is C50H46ClFN14O2. The van der Waals surface area contributed by atoms with Gasteiger partial charge in [0.15, 0.2) is 17.5 Å². The number of para-hydroxylation sites is 1. The number of aryl methyl sites for hydroxylation is 6. The molecule has 0 spiro atoms. The van der Waals surface area contributed by atoms with Crippen LogP contribution in [0.3, 0.4) is 0 Å². The second kappa shape index (κ2) is 16.8. The van der Waals surface area contributed by atoms with Gasteiger partial charge in [0.2, 0.25) is 0 Å². The van der Waals surface area contributed by atoms with Crippen LogP contribution in [0.25, 0.3) is 78.0 Å². The highest BCUT2D eigenvalue weighted by atomic mass is 35.5. The van der Waals surface area contributed by atoms with E-state index in [2.05, 4.69) is 77.6 Å². The highest BCUT2D eigenvalue weighted by molar-refractivity contribution is 6.35. The molecule has 2 aliphatic heterocycles. The van der Waals surface area contributed by atoms with E-state index in [1.54, 1.807) is 6.07 Å². The molecule has 0 saturated carbocycles. The molecule has 18 heteroatoms. The van der Waals surface area contributed by atoms with Gasteiger partial charge < -0.3 is 19.3 Å². The summed E-state index contributed by atoms with van der Waals surface area (Å²) in [4.78, 5) is 34.5. The van der Waals surface area contributed by atoms with Crippen molar-refractivity contribution >= 4 is 66.8 Å². The molecule has 10 aromatic rings. The number of ether oxygens (including phenoxy) is 2. The molecule has 0 amide bonds. The second-order valence-corrected chi connectivity index (χ2v) is 17.9. The fourth-order valence-corrected chi connectivity index (χ4v) is 10.1. The van der Waals surface area contributed by atoms with Gasteiger partial charge in [-0.05, 0) is 88.2 Å². The number of fused-ring (bicyclic) bond motifs is 4. The molecule has 342 valence electrons. The largest absolute Gasteiger partial charge is 0.378 e. The molecule has 16 nitrogen and oxygen atoms in total. The third kappa shape index (κ3) is 7.28. The molecule has 12 rings (SSSR count). The summed E-state index contributed by atoms with van der Waals surface area (Å²) in [6, 6.07) is 21.3. The first-order valence-corrected chi connectivity index (χ1v) is 23.2. The van der Waals surface area contributed by atoms with Gasteiger partial charge in [0, 0.05) is 83.8 Å². The molecule has 8 heterocycles. The first-order chi connectivity index (χ1) is 33.1. The molecule has 0 bridgehead atoms. The Morgan fingerprint density at radius 2 is 1.29 bits per heavy atom. The molecule has 68 heavy (non-hydrogen) atoms. The molecule has 2 fully saturated rings. The zero-order valence-electron chi connectivity index (χ0n) is 37.9. The summed E-state index contributed by atoms with van der Waals surface area (Å²) in [5.74, 6) is 3.71. The number of anilines is 2. The van der Waals surface area contributed by atoms with Crippen LogP contribution < -0.4 is 9.80 Å². The lowest BCUT2D eigenvalue weighted by Gasteiger charge is -2.29. The van der Waals surface area contributed by atoms with Crippen LogP contribution in [0.2, 0.25) is 5.02 Å². The number of rotatable bonds is 9. The van der Waals surface area contributed by atoms with Crippen LogP contribution in [0.4, 0.5) is 15.8 Å². The first-order valence-electron chi connectivity index (χ1n) is 22.8. The van der Waals surface area contributed by atoms with E-state index in [0.29, 0.717) is 73.1 Å². The standard InChI is InChI=1S/C50H46ClFN14O2/c1-27-26-53-45-36(6-5-7-39(45)51)48(27)66-30(4)56-47-38(23-34(25-43(47)66)64-14-18-68-19-15-64)50-58-44(60-62-50)11-9-32-21-41(35-10-8-31(52)20-40(35)57-32)65-29(3)55-46-37(49-54-28(2)59-61-49)22-33(24-42(46)65)63-12-16-67-17-13-63/h5-8,10,20-26H,9,11-19H2,1-4H3,(H,54,59,61)(H,58,60,62). The molecule has 0 radical (unpaired) electrons. The van der Waals surface area contributed by atoms with Gasteiger partial charge in [-0.3, -0.25) is 29.3 Å². The Hall–Kier alpha value is -7.34. The lowest BCUT2D eigenvalue weighted by molar-refractivity contribution is 0.122. The minimum Gasteiger partial charge on any atom is -0.378 e. The maximum Gasteiger partial charge on any atom is 0.158 e. The summed E-state index contributed by atoms with van der Waals surface area (Å²) < 4.78 is 30.8. The number of halogens is 2. The van der Waals surface area contributed by atoms with Crippen LogP contribution in [-0.2, 0) is 22.3 Å². The van der Waals surface area contributed by atoms with Crippen molar-refractivity contribution in [1.29, 1.82) is 0 Å². The summed E-state index contributed by atoms with van der Waals surface area (Å²) in [6.07, 6.45) is 2.82. The van der Waals surface area contributed by atoms with Gasteiger partial charge in [-0.15, -0.1) is 0 Å². The Labute approximate surface area is 394 Å². The third-order valence-electron chi connectivity index (χ3n) is 13.1. The van der Waals surface area contributed by atoms with Gasteiger partial charge >= 0.3 is 0 Å². The van der Waals surface area contributed by atoms with Gasteiger partial charge in [-0.1, -0.05) is 23.7 Å². The second-order valence-electron chi connectivity index (χ2n) is 17.5. The normalized spacial score (nSPS) is 14.7. The number of nitrogens with one attached hydrogen (secondary N) is 2. The Kier molecular flexibility index (Phi) is 10.4. The number of hydrogen-bond acceptors (Lipinski definition) is 12. The van der Waals surface area contributed by atoms with Crippen molar-refractivity contribution in [2.24, 2.45) is 0 Å². The lowest BCUT2D eigenvalue weighted by atomic mass is 10.1. The lowest BCUT2D eigenvalue weighted by Crippen LogP contribution is -2.36. The van der Waals surface area contributed by atoms with E-state index in [1.165, 1.54) is 12.1 Å². The summed E-state index contributed by atoms with van der Waals surface area (Å²) in [7, 11) is 0. The molecule has 0 aliphatic carbocycles. The molecule has 0 unspecified atom stereocenters. The van der Waals surface area contributed by atoms with Crippen molar-refractivity contribution in [2.75, 3.05) is 62.4 Å². The van der Waals surface area contributed by atoms with Gasteiger partial charge in [0.1, 0.15) is 34.3 Å². The van der Waals surface area contributed by atoms with Gasteiger partial charge in [0.05, 0.1) is 64.9 Å². The fourth-order valence-electron chi connectivity index (χ4n) is 9.87. The third-order valence-corrected chi connectivity index (χ3v) is 13.4. The molecule has 2 saturated heterocycles. The molecule has 0 atom stereocenters. The van der Waals surface area contributed by atoms with Gasteiger partial charge in [0.25, 0.3) is 0 Å². The number of imidazole rings is 2. The smallest absolute Gasteiger partial charge is 0.158 e. The Bertz CT molecular complexity index is 3600. The van der Waals surface area contributed by atoms with Crippen LogP contribution in [0.15, 0.2) is 72.9 Å². The van der Waals surface area contributed by atoms with E-state index in [1.807, 2.05) is 39.1 Å². The maximum absolute atomic E-state index is 15.0. The van der Waals surface area contributed by atoms with Crippen molar-refractivity contribution < 1.29 is 13.9 Å². The molecule has 2 N–H and O–H groups in total. The SMILES string of the molecule is Cc1n[nH]c(-c2cc(N3CCOCC3)cc3c2nc(C)n3-c2cc(CCc3n[nH]c(-c4cc(N5CCOCC5)cc5c4nc(C)n5-c4c(C)cnc5c(Cl)cccc45)n3)nc3cc(F)ccc23)n1. The number of benzene rings is 4. The number of pyridine rings is 2. The predicted molar refractivity (Wildman–Crippen MR) is 261 cm³/mol. The summed E-state index contributed by atoms with van der Waals surface area (Å²) in [6.45, 7) is 13.5. The monoisotopic (exact) mass is 928 g/mol. The van der Waals surface area contributed by atoms with Crippen molar-refractivity contribution in [2.45, 2.75) is 40.5 Å². The van der Waals surface area contributed by atoms with Crippen molar-refractivity contribution in [3.05, 3.63) is 118 Å². The van der Waals surface area contributed by atoms with E-state index in [9.17, 15) is 0 Å². The van der Waals surface area contributed by atoms with E-state index in [0.717, 1.165) is 121 Å². The van der Waals surface area contributed by atoms with Crippen LogP contribution in [0.1, 0.15) is 34.6 Å². The maximum atomic E-state index is 15.0. The molecule has 6 aromatic heterocycles. The Morgan fingerprint density at radius 1 is 0.647 bits per heavy atom. The number of aromatic amines is 2. The zero-order chi connectivity index (χ0) is 46.2. The number of nitrogens with zero attached hydrogens (tertiary/aromatic N) is 12. The van der Waals surface area contributed by atoms with E-state index >= 15 is 4.39 Å². The number of morpholine rings is 2. The van der Waals surface area contributed by atoms with Gasteiger partial charge in [-0.25, -0.2) is 24.3 Å². The minimum atomic E-state index is -0.365. The quantitative estimate of drug-likeness (QED) is 0.142. The zero-order valence-corrected chi connectivity index (χ0v) is 38.7. The van der Waals surface area contributed by atoms with E-state index in [-0.39, 0.29) is 5.82 Å². The van der Waals surface area contributed by atoms with Crippen LogP contribution in [0.5, 0.6) is 0 Å². The average Bonchev–Trinajstić information content (AvgIpc) is 4.15. The first kappa shape index (κ1) is 42.0. The van der Waals surface area contributed by atoms with Crippen LogP contribution in [-0.4, -0.2) is 112 Å². The summed E-state index contributed by atoms with van der Waals surface area (Å²) >= 11 is 6.69. The summed E-state index contributed by atoms with van der Waals surface area (Å²) in [5.41, 5.74) is 12.0. The molecule has 4 aromatic carbocycles.